The van der Waals surface area contributed by atoms with Gasteiger partial charge in [-0.05, 0) is 35.7 Å². The zero-order valence-electron chi connectivity index (χ0n) is 16.0. The Morgan fingerprint density at radius 3 is 2.56 bits per heavy atom. The van der Waals surface area contributed by atoms with Gasteiger partial charge in [-0.1, -0.05) is 26.0 Å². The van der Waals surface area contributed by atoms with Crippen molar-refractivity contribution in [2.24, 2.45) is 0 Å². The van der Waals surface area contributed by atoms with Crippen molar-refractivity contribution >= 4 is 5.91 Å². The minimum atomic E-state index is -0.146. The Bertz CT molecular complexity index is 691. The number of rotatable bonds is 8. The zero-order chi connectivity index (χ0) is 19.1. The molecule has 0 spiro atoms. The molecule has 6 heteroatoms. The van der Waals surface area contributed by atoms with Gasteiger partial charge in [0.1, 0.15) is 11.5 Å². The summed E-state index contributed by atoms with van der Waals surface area (Å²) in [5, 5.41) is 2.96. The highest BCUT2D eigenvalue weighted by Gasteiger charge is 2.25. The average Bonchev–Trinajstić information content (AvgIpc) is 3.22. The number of benzene rings is 1. The van der Waals surface area contributed by atoms with E-state index in [9.17, 15) is 4.79 Å². The second-order valence-corrected chi connectivity index (χ2v) is 7.00. The molecule has 1 aliphatic rings. The number of furan rings is 1. The summed E-state index contributed by atoms with van der Waals surface area (Å²) in [7, 11) is 0. The van der Waals surface area contributed by atoms with E-state index in [1.807, 2.05) is 36.4 Å². The van der Waals surface area contributed by atoms with Gasteiger partial charge in [0.05, 0.1) is 25.5 Å². The van der Waals surface area contributed by atoms with Crippen molar-refractivity contribution in [3.05, 3.63) is 54.0 Å². The fourth-order valence-corrected chi connectivity index (χ4v) is 3.14. The van der Waals surface area contributed by atoms with Crippen LogP contribution in [0.4, 0.5) is 0 Å². The Labute approximate surface area is 160 Å². The highest BCUT2D eigenvalue weighted by atomic mass is 16.5. The van der Waals surface area contributed by atoms with Crippen LogP contribution < -0.4 is 10.1 Å². The second-order valence-electron chi connectivity index (χ2n) is 7.00. The van der Waals surface area contributed by atoms with Crippen molar-refractivity contribution in [3.8, 4) is 5.75 Å². The summed E-state index contributed by atoms with van der Waals surface area (Å²) < 4.78 is 16.6. The van der Waals surface area contributed by atoms with E-state index in [0.717, 1.165) is 18.8 Å². The van der Waals surface area contributed by atoms with Crippen molar-refractivity contribution in [2.45, 2.75) is 25.8 Å². The molecular weight excluding hydrogens is 344 g/mol. The molecule has 27 heavy (non-hydrogen) atoms. The maximum Gasteiger partial charge on any atom is 0.258 e. The lowest BCUT2D eigenvalue weighted by Crippen LogP contribution is -2.44. The molecule has 1 aromatic heterocycles. The predicted molar refractivity (Wildman–Crippen MR) is 103 cm³/mol. The van der Waals surface area contributed by atoms with E-state index in [0.29, 0.717) is 31.4 Å². The molecule has 1 aromatic carbocycles. The molecule has 0 unspecified atom stereocenters. The van der Waals surface area contributed by atoms with Gasteiger partial charge in [0, 0.05) is 19.6 Å². The first-order chi connectivity index (χ1) is 13.1. The molecule has 1 saturated heterocycles. The van der Waals surface area contributed by atoms with Crippen LogP contribution in [-0.4, -0.2) is 50.3 Å². The summed E-state index contributed by atoms with van der Waals surface area (Å²) in [5.41, 5.74) is 1.25. The SMILES string of the molecule is CC(C)c1ccc(OCC(=O)NC[C@H](c2ccco2)N2CCOCC2)cc1. The van der Waals surface area contributed by atoms with Gasteiger partial charge in [0.2, 0.25) is 0 Å². The number of carbonyl (C=O) groups excluding carboxylic acids is 1. The van der Waals surface area contributed by atoms with Gasteiger partial charge in [0.15, 0.2) is 6.61 Å². The third-order valence-corrected chi connectivity index (χ3v) is 4.77. The van der Waals surface area contributed by atoms with E-state index in [-0.39, 0.29) is 18.6 Å². The Morgan fingerprint density at radius 1 is 1.19 bits per heavy atom. The molecule has 1 atom stereocenters. The Balaban J connectivity index is 1.50. The Kier molecular flexibility index (Phi) is 6.90. The van der Waals surface area contributed by atoms with E-state index >= 15 is 0 Å². The van der Waals surface area contributed by atoms with Crippen LogP contribution in [0.5, 0.6) is 5.75 Å². The number of carbonyl (C=O) groups is 1. The first kappa shape index (κ1) is 19.5. The van der Waals surface area contributed by atoms with Gasteiger partial charge in [-0.15, -0.1) is 0 Å². The summed E-state index contributed by atoms with van der Waals surface area (Å²) in [6.45, 7) is 7.79. The van der Waals surface area contributed by atoms with Crippen molar-refractivity contribution in [3.63, 3.8) is 0 Å². The lowest BCUT2D eigenvalue weighted by molar-refractivity contribution is -0.123. The van der Waals surface area contributed by atoms with Crippen LogP contribution in [0.15, 0.2) is 47.1 Å². The number of morpholine rings is 1. The lowest BCUT2D eigenvalue weighted by Gasteiger charge is -2.33. The largest absolute Gasteiger partial charge is 0.484 e. The molecule has 0 saturated carbocycles. The van der Waals surface area contributed by atoms with Gasteiger partial charge >= 0.3 is 0 Å². The second kappa shape index (κ2) is 9.58. The first-order valence-corrected chi connectivity index (χ1v) is 9.48. The van der Waals surface area contributed by atoms with Crippen molar-refractivity contribution in [1.82, 2.24) is 10.2 Å². The number of nitrogens with zero attached hydrogens (tertiary/aromatic N) is 1. The third kappa shape index (κ3) is 5.58. The van der Waals surface area contributed by atoms with Crippen LogP contribution in [0.1, 0.15) is 37.1 Å². The molecule has 0 radical (unpaired) electrons. The van der Waals surface area contributed by atoms with E-state index in [2.05, 4.69) is 24.1 Å². The molecular formula is C21H28N2O4. The molecule has 146 valence electrons. The number of ether oxygens (including phenoxy) is 2. The summed E-state index contributed by atoms with van der Waals surface area (Å²) in [5.74, 6) is 1.88. The van der Waals surface area contributed by atoms with Gasteiger partial charge < -0.3 is 19.2 Å². The summed E-state index contributed by atoms with van der Waals surface area (Å²) in [6.07, 6.45) is 1.66. The molecule has 2 aromatic rings. The average molecular weight is 372 g/mol. The molecule has 1 aliphatic heterocycles. The van der Waals surface area contributed by atoms with Gasteiger partial charge in [0.25, 0.3) is 5.91 Å². The molecule has 1 fully saturated rings. The van der Waals surface area contributed by atoms with Gasteiger partial charge in [-0.25, -0.2) is 0 Å². The highest BCUT2D eigenvalue weighted by molar-refractivity contribution is 5.77. The summed E-state index contributed by atoms with van der Waals surface area (Å²) in [4.78, 5) is 14.5. The van der Waals surface area contributed by atoms with Crippen molar-refractivity contribution in [1.29, 1.82) is 0 Å². The molecule has 3 rings (SSSR count). The maximum atomic E-state index is 12.2. The number of hydrogen-bond donors (Lipinski definition) is 1. The van der Waals surface area contributed by atoms with Crippen LogP contribution in [0.3, 0.4) is 0 Å². The normalized spacial score (nSPS) is 16.3. The van der Waals surface area contributed by atoms with E-state index in [4.69, 9.17) is 13.9 Å². The quantitative estimate of drug-likeness (QED) is 0.772. The van der Waals surface area contributed by atoms with Crippen molar-refractivity contribution in [2.75, 3.05) is 39.5 Å². The number of amides is 1. The van der Waals surface area contributed by atoms with E-state index in [1.165, 1.54) is 5.56 Å². The zero-order valence-corrected chi connectivity index (χ0v) is 16.0. The standard InChI is InChI=1S/C21H28N2O4/c1-16(2)17-5-7-18(8-6-17)27-15-21(24)22-14-19(20-4-3-11-26-20)23-9-12-25-13-10-23/h3-8,11,16,19H,9-10,12-15H2,1-2H3,(H,22,24)/t19-/m1/s1. The molecule has 6 nitrogen and oxygen atoms in total. The molecule has 1 amide bonds. The summed E-state index contributed by atoms with van der Waals surface area (Å²) in [6, 6.07) is 11.7. The van der Waals surface area contributed by atoms with Gasteiger partial charge in [-0.2, -0.15) is 0 Å². The maximum absolute atomic E-state index is 12.2. The topological polar surface area (TPSA) is 63.9 Å². The van der Waals surface area contributed by atoms with Crippen LogP contribution in [0.25, 0.3) is 0 Å². The van der Waals surface area contributed by atoms with Crippen LogP contribution >= 0.6 is 0 Å². The van der Waals surface area contributed by atoms with Crippen LogP contribution in [-0.2, 0) is 9.53 Å². The number of hydrogen-bond acceptors (Lipinski definition) is 5. The molecule has 0 bridgehead atoms. The summed E-state index contributed by atoms with van der Waals surface area (Å²) >= 11 is 0. The van der Waals surface area contributed by atoms with E-state index in [1.54, 1.807) is 6.26 Å². The van der Waals surface area contributed by atoms with Crippen molar-refractivity contribution < 1.29 is 18.7 Å². The monoisotopic (exact) mass is 372 g/mol. The molecule has 2 heterocycles. The highest BCUT2D eigenvalue weighted by Crippen LogP contribution is 2.22. The van der Waals surface area contributed by atoms with Gasteiger partial charge in [-0.3, -0.25) is 9.69 Å². The first-order valence-electron chi connectivity index (χ1n) is 9.48. The lowest BCUT2D eigenvalue weighted by atomic mass is 10.0. The van der Waals surface area contributed by atoms with Crippen LogP contribution in [0.2, 0.25) is 0 Å². The fraction of sp³-hybridized carbons (Fsp3) is 0.476. The number of nitrogens with one attached hydrogen (secondary N) is 1. The third-order valence-electron chi connectivity index (χ3n) is 4.77. The van der Waals surface area contributed by atoms with Crippen LogP contribution in [0, 0.1) is 0 Å². The van der Waals surface area contributed by atoms with E-state index < -0.39 is 0 Å². The Hall–Kier alpha value is -2.31. The smallest absolute Gasteiger partial charge is 0.258 e. The Morgan fingerprint density at radius 2 is 1.93 bits per heavy atom. The molecule has 1 N–H and O–H groups in total. The molecule has 0 aliphatic carbocycles. The minimum Gasteiger partial charge on any atom is -0.484 e. The predicted octanol–water partition coefficient (Wildman–Crippen LogP) is 2.97. The fourth-order valence-electron chi connectivity index (χ4n) is 3.14. The minimum absolute atomic E-state index is 0.00169.